The third kappa shape index (κ3) is 2.84. The van der Waals surface area contributed by atoms with Crippen LogP contribution in [-0.4, -0.2) is 42.9 Å². The monoisotopic (exact) mass is 197 g/mol. The predicted octanol–water partition coefficient (Wildman–Crippen LogP) is 1.66. The van der Waals surface area contributed by atoms with E-state index in [1.54, 1.807) is 13.8 Å². The lowest BCUT2D eigenvalue weighted by Gasteiger charge is -2.28. The summed E-state index contributed by atoms with van der Waals surface area (Å²) in [5.74, 6) is -2.94. The molecule has 0 aromatic rings. The molecule has 1 aliphatic heterocycles. The van der Waals surface area contributed by atoms with Crippen molar-refractivity contribution in [1.29, 1.82) is 0 Å². The third-order valence-electron chi connectivity index (χ3n) is 2.01. The van der Waals surface area contributed by atoms with Gasteiger partial charge in [-0.1, -0.05) is 0 Å². The first-order chi connectivity index (χ1) is 5.92. The van der Waals surface area contributed by atoms with Gasteiger partial charge in [-0.25, -0.2) is 13.2 Å². The zero-order valence-corrected chi connectivity index (χ0v) is 7.77. The Balaban J connectivity index is 2.67. The van der Waals surface area contributed by atoms with E-state index in [-0.39, 0.29) is 12.6 Å². The Kier molecular flexibility index (Phi) is 3.18. The number of hydrogen-bond acceptors (Lipinski definition) is 2. The Labute approximate surface area is 75.7 Å². The fourth-order valence-corrected chi connectivity index (χ4v) is 1.32. The molecule has 2 nitrogen and oxygen atoms in total. The van der Waals surface area contributed by atoms with Crippen molar-refractivity contribution < 1.29 is 17.9 Å². The molecule has 1 heterocycles. The van der Waals surface area contributed by atoms with Crippen molar-refractivity contribution in [2.75, 3.05) is 19.8 Å². The van der Waals surface area contributed by atoms with Crippen LogP contribution in [0.3, 0.4) is 0 Å². The highest BCUT2D eigenvalue weighted by atomic mass is 19.3. The van der Waals surface area contributed by atoms with Crippen LogP contribution in [0.15, 0.2) is 0 Å². The van der Waals surface area contributed by atoms with Crippen LogP contribution in [0.1, 0.15) is 13.8 Å². The molecule has 0 spiro atoms. The molecule has 0 radical (unpaired) electrons. The molecule has 78 valence electrons. The SMILES string of the molecule is CC(C)N1CC(F)(F)COCC1F. The molecule has 0 aromatic carbocycles. The maximum Gasteiger partial charge on any atom is 0.283 e. The number of halogens is 3. The van der Waals surface area contributed by atoms with Gasteiger partial charge in [0, 0.05) is 6.04 Å². The van der Waals surface area contributed by atoms with E-state index in [9.17, 15) is 13.2 Å². The van der Waals surface area contributed by atoms with Crippen LogP contribution in [0.2, 0.25) is 0 Å². The van der Waals surface area contributed by atoms with Gasteiger partial charge in [-0.3, -0.25) is 4.90 Å². The molecule has 1 fully saturated rings. The molecular weight excluding hydrogens is 183 g/mol. The molecule has 1 unspecified atom stereocenters. The highest BCUT2D eigenvalue weighted by molar-refractivity contribution is 4.79. The van der Waals surface area contributed by atoms with E-state index in [0.29, 0.717) is 0 Å². The average Bonchev–Trinajstić information content (AvgIpc) is 2.10. The van der Waals surface area contributed by atoms with Crippen molar-refractivity contribution in [1.82, 2.24) is 4.90 Å². The Bertz CT molecular complexity index is 175. The minimum Gasteiger partial charge on any atom is -0.371 e. The summed E-state index contributed by atoms with van der Waals surface area (Å²) in [6, 6.07) is -0.234. The molecule has 0 aromatic heterocycles. The number of rotatable bonds is 1. The van der Waals surface area contributed by atoms with Gasteiger partial charge in [0.15, 0.2) is 6.30 Å². The van der Waals surface area contributed by atoms with Crippen molar-refractivity contribution in [2.45, 2.75) is 32.1 Å². The average molecular weight is 197 g/mol. The Morgan fingerprint density at radius 1 is 1.46 bits per heavy atom. The lowest BCUT2D eigenvalue weighted by molar-refractivity contribution is -0.0719. The summed E-state index contributed by atoms with van der Waals surface area (Å²) in [4.78, 5) is 1.12. The fraction of sp³-hybridized carbons (Fsp3) is 1.00. The molecule has 0 amide bonds. The van der Waals surface area contributed by atoms with Crippen molar-refractivity contribution >= 4 is 0 Å². The van der Waals surface area contributed by atoms with Crippen LogP contribution in [0, 0.1) is 0 Å². The minimum absolute atomic E-state index is 0.234. The second-order valence-corrected chi connectivity index (χ2v) is 3.57. The maximum absolute atomic E-state index is 13.2. The van der Waals surface area contributed by atoms with Gasteiger partial charge in [-0.2, -0.15) is 0 Å². The second kappa shape index (κ2) is 3.84. The van der Waals surface area contributed by atoms with Crippen molar-refractivity contribution in [2.24, 2.45) is 0 Å². The van der Waals surface area contributed by atoms with Gasteiger partial charge in [0.1, 0.15) is 6.61 Å². The molecule has 1 rings (SSSR count). The molecule has 0 N–H and O–H groups in total. The van der Waals surface area contributed by atoms with Gasteiger partial charge in [-0.05, 0) is 13.8 Å². The van der Waals surface area contributed by atoms with E-state index in [2.05, 4.69) is 4.74 Å². The lowest BCUT2D eigenvalue weighted by atomic mass is 10.2. The standard InChI is InChI=1S/C8H14F3NO/c1-6(2)12-4-8(10,11)5-13-3-7(12)9/h6-7H,3-5H2,1-2H3. The zero-order valence-electron chi connectivity index (χ0n) is 7.77. The van der Waals surface area contributed by atoms with Crippen LogP contribution in [0.4, 0.5) is 13.2 Å². The van der Waals surface area contributed by atoms with Crippen LogP contribution in [0.25, 0.3) is 0 Å². The summed E-state index contributed by atoms with van der Waals surface area (Å²) in [5, 5.41) is 0. The largest absolute Gasteiger partial charge is 0.371 e. The molecule has 1 atom stereocenters. The van der Waals surface area contributed by atoms with Crippen molar-refractivity contribution in [3.63, 3.8) is 0 Å². The summed E-state index contributed by atoms with van der Waals surface area (Å²) in [6.07, 6.45) is -1.42. The Hall–Kier alpha value is -0.290. The molecule has 0 saturated carbocycles. The van der Waals surface area contributed by atoms with Gasteiger partial charge < -0.3 is 4.74 Å². The minimum atomic E-state index is -2.94. The van der Waals surface area contributed by atoms with Crippen LogP contribution in [-0.2, 0) is 4.74 Å². The molecule has 0 bridgehead atoms. The summed E-state index contributed by atoms with van der Waals surface area (Å²) >= 11 is 0. The van der Waals surface area contributed by atoms with Crippen LogP contribution < -0.4 is 0 Å². The first-order valence-electron chi connectivity index (χ1n) is 4.28. The Morgan fingerprint density at radius 2 is 2.08 bits per heavy atom. The fourth-order valence-electron chi connectivity index (χ4n) is 1.32. The predicted molar refractivity (Wildman–Crippen MR) is 42.5 cm³/mol. The number of alkyl halides is 3. The molecular formula is C8H14F3NO. The summed E-state index contributed by atoms with van der Waals surface area (Å²) < 4.78 is 43.5. The number of hydrogen-bond donors (Lipinski definition) is 0. The second-order valence-electron chi connectivity index (χ2n) is 3.57. The molecule has 1 aliphatic rings. The number of nitrogens with zero attached hydrogens (tertiary/aromatic N) is 1. The highest BCUT2D eigenvalue weighted by Gasteiger charge is 2.39. The smallest absolute Gasteiger partial charge is 0.283 e. The van der Waals surface area contributed by atoms with Crippen molar-refractivity contribution in [3.05, 3.63) is 0 Å². The molecule has 5 heteroatoms. The van der Waals surface area contributed by atoms with Gasteiger partial charge in [-0.15, -0.1) is 0 Å². The lowest BCUT2D eigenvalue weighted by Crippen LogP contribution is -2.44. The molecule has 0 aliphatic carbocycles. The van der Waals surface area contributed by atoms with E-state index < -0.39 is 25.4 Å². The van der Waals surface area contributed by atoms with Crippen LogP contribution >= 0.6 is 0 Å². The zero-order chi connectivity index (χ0) is 10.1. The van der Waals surface area contributed by atoms with Gasteiger partial charge in [0.2, 0.25) is 0 Å². The summed E-state index contributed by atoms with van der Waals surface area (Å²) in [7, 11) is 0. The molecule has 13 heavy (non-hydrogen) atoms. The topological polar surface area (TPSA) is 12.5 Å². The Morgan fingerprint density at radius 3 is 2.62 bits per heavy atom. The molecule has 1 saturated heterocycles. The summed E-state index contributed by atoms with van der Waals surface area (Å²) in [5.41, 5.74) is 0. The van der Waals surface area contributed by atoms with Gasteiger partial charge in [0.25, 0.3) is 5.92 Å². The van der Waals surface area contributed by atoms with E-state index in [1.165, 1.54) is 0 Å². The first kappa shape index (κ1) is 10.8. The van der Waals surface area contributed by atoms with E-state index in [0.717, 1.165) is 4.90 Å². The third-order valence-corrected chi connectivity index (χ3v) is 2.01. The summed E-state index contributed by atoms with van der Waals surface area (Å²) in [6.45, 7) is 1.86. The number of ether oxygens (including phenoxy) is 1. The van der Waals surface area contributed by atoms with Gasteiger partial charge >= 0.3 is 0 Å². The highest BCUT2D eigenvalue weighted by Crippen LogP contribution is 2.23. The van der Waals surface area contributed by atoms with Crippen LogP contribution in [0.5, 0.6) is 0 Å². The first-order valence-corrected chi connectivity index (χ1v) is 4.28. The van der Waals surface area contributed by atoms with Gasteiger partial charge in [0.05, 0.1) is 13.2 Å². The normalized spacial score (nSPS) is 30.5. The van der Waals surface area contributed by atoms with Crippen molar-refractivity contribution in [3.8, 4) is 0 Å². The van der Waals surface area contributed by atoms with E-state index >= 15 is 0 Å². The quantitative estimate of drug-likeness (QED) is 0.593. The maximum atomic E-state index is 13.2. The van der Waals surface area contributed by atoms with E-state index in [4.69, 9.17) is 0 Å². The van der Waals surface area contributed by atoms with E-state index in [1.807, 2.05) is 0 Å².